The average Bonchev–Trinajstić information content (AvgIpc) is 2.01. The molecule has 0 unspecified atom stereocenters. The summed E-state index contributed by atoms with van der Waals surface area (Å²) in [7, 11) is -15.5. The van der Waals surface area contributed by atoms with Gasteiger partial charge in [-0.1, -0.05) is 0 Å². The molecule has 0 atom stereocenters. The van der Waals surface area contributed by atoms with Gasteiger partial charge in [0.15, 0.2) is 0 Å². The van der Waals surface area contributed by atoms with Crippen LogP contribution in [0.4, 0.5) is 0 Å². The Morgan fingerprint density at radius 1 is 0.448 bits per heavy atom. The maximum absolute atomic E-state index is 8.52. The molecule has 0 amide bonds. The second kappa shape index (κ2) is 26.3. The van der Waals surface area contributed by atoms with Gasteiger partial charge in [-0.2, -0.15) is 0 Å². The molecule has 0 rings (SSSR count). The van der Waals surface area contributed by atoms with E-state index in [9.17, 15) is 0 Å². The van der Waals surface area contributed by atoms with Crippen molar-refractivity contribution in [3.05, 3.63) is 30.3 Å². The molecule has 0 bridgehead atoms. The van der Waals surface area contributed by atoms with Crippen molar-refractivity contribution in [1.82, 2.24) is 0 Å². The molecular weight excluding hydrogens is 528 g/mol. The number of hydrogen-bond donors (Lipinski definition) is 3. The number of nitrogens with zero attached hydrogens (tertiary/aromatic N) is 3. The molecule has 0 aliphatic rings. The van der Waals surface area contributed by atoms with Gasteiger partial charge in [0.1, 0.15) is 0 Å². The van der Waals surface area contributed by atoms with Crippen molar-refractivity contribution in [3.8, 4) is 0 Å². The average molecular weight is 531 g/mol. The van der Waals surface area contributed by atoms with E-state index in [0.29, 0.717) is 0 Å². The molecule has 0 aromatic rings. The van der Waals surface area contributed by atoms with Gasteiger partial charge in [-0.3, -0.25) is 25.3 Å². The summed E-state index contributed by atoms with van der Waals surface area (Å²) in [6.07, 6.45) is 0. The van der Waals surface area contributed by atoms with Gasteiger partial charge >= 0.3 is 34.7 Å². The van der Waals surface area contributed by atoms with Crippen LogP contribution in [-0.2, 0) is 31.2 Å². The van der Waals surface area contributed by atoms with Gasteiger partial charge in [-0.05, 0) is 0 Å². The molecule has 0 aliphatic heterocycles. The van der Waals surface area contributed by atoms with Crippen LogP contribution in [0.1, 0.15) is 0 Å². The molecule has 0 radical (unpaired) electrons. The van der Waals surface area contributed by atoms with E-state index in [-0.39, 0.29) is 34.7 Å². The Labute approximate surface area is 179 Å². The quantitative estimate of drug-likeness (QED) is 0.0860. The minimum absolute atomic E-state index is 0. The molecule has 29 heavy (non-hydrogen) atoms. The summed E-state index contributed by atoms with van der Waals surface area (Å²) in [4.78, 5) is 25.1. The monoisotopic (exact) mass is 531 g/mol. The summed E-state index contributed by atoms with van der Waals surface area (Å²) in [5, 5.41) is 40.9. The fraction of sp³-hybridized carbons (Fsp3) is 0. The first-order chi connectivity index (χ1) is 11.2. The molecule has 0 spiro atoms. The molecule has 0 aliphatic carbocycles. The Morgan fingerprint density at radius 3 is 0.448 bits per heavy atom. The zero-order valence-electron chi connectivity index (χ0n) is 12.4. The number of hydrogen-bond acceptors (Lipinski definition) is 18. The summed E-state index contributed by atoms with van der Waals surface area (Å²) in [6, 6.07) is 0. The van der Waals surface area contributed by atoms with Crippen molar-refractivity contribution in [2.45, 2.75) is 0 Å². The predicted molar refractivity (Wildman–Crippen MR) is 69.3 cm³/mol. The van der Waals surface area contributed by atoms with E-state index >= 15 is 0 Å². The molecule has 0 aromatic heterocycles. The van der Waals surface area contributed by atoms with E-state index in [1.807, 2.05) is 0 Å². The predicted octanol–water partition coefficient (Wildman–Crippen LogP) is -5.82. The van der Waals surface area contributed by atoms with Gasteiger partial charge in [-0.15, -0.1) is 30.3 Å². The van der Waals surface area contributed by atoms with Gasteiger partial charge in [-0.25, -0.2) is 0 Å². The van der Waals surface area contributed by atoms with Crippen molar-refractivity contribution >= 4 is 65.9 Å². The van der Waals surface area contributed by atoms with E-state index in [1.54, 1.807) is 0 Å². The Balaban J connectivity index is -0.0000000301. The third-order valence-corrected chi connectivity index (χ3v) is 0. The molecule has 3 N–H and O–H groups in total. The van der Waals surface area contributed by atoms with Crippen LogP contribution in [0, 0.1) is 30.3 Å². The molecule has 168 valence electrons. The van der Waals surface area contributed by atoms with Gasteiger partial charge in [0, 0.05) is 31.2 Å². The molecule has 0 aromatic carbocycles. The van der Waals surface area contributed by atoms with Gasteiger partial charge < -0.3 is 42.9 Å². The summed E-state index contributed by atoms with van der Waals surface area (Å²) >= 11 is 0. The second-order valence-corrected chi connectivity index (χ2v) is 4.39. The molecule has 0 saturated carbocycles. The van der Waals surface area contributed by atoms with Crippen molar-refractivity contribution in [1.29, 1.82) is 0 Å². The minimum atomic E-state index is -5.17. The molecule has 24 nitrogen and oxygen atoms in total. The maximum Gasteiger partial charge on any atom is 3.00 e. The topological polar surface area (TPSA) is 431 Å². The van der Waals surface area contributed by atoms with Crippen molar-refractivity contribution in [3.63, 3.8) is 0 Å². The smallest absolute Gasteiger partial charge is 0.759 e. The van der Waals surface area contributed by atoms with Crippen LogP contribution in [0.25, 0.3) is 0 Å². The van der Waals surface area contributed by atoms with E-state index in [0.717, 1.165) is 0 Å². The number of rotatable bonds is 0. The van der Waals surface area contributed by atoms with Crippen LogP contribution in [0.2, 0.25) is 0 Å². The second-order valence-electron chi connectivity index (χ2n) is 1.94. The minimum Gasteiger partial charge on any atom is -0.759 e. The van der Waals surface area contributed by atoms with Crippen molar-refractivity contribution in [2.24, 2.45) is 0 Å². The van der Waals surface area contributed by atoms with Crippen molar-refractivity contribution in [2.75, 3.05) is 0 Å². The SMILES string of the molecule is O=S(=O)([O-])[O-].O=S(=O)([O-])[O-].O=S(=O)([O-])[O-].O=[N+]([O-])O.O=[N+]([O-])O.O=[N+]([O-])O.[Al+3].[Al+3]. The first-order valence-electron chi connectivity index (χ1n) is 3.70. The third-order valence-electron chi connectivity index (χ3n) is 0. The van der Waals surface area contributed by atoms with Gasteiger partial charge in [0.25, 0.3) is 15.3 Å². The summed E-state index contributed by atoms with van der Waals surface area (Å²) < 4.78 is 102. The molecule has 0 saturated heterocycles. The molecule has 0 heterocycles. The fourth-order valence-corrected chi connectivity index (χ4v) is 0. The first kappa shape index (κ1) is 50.7. The van der Waals surface area contributed by atoms with Crippen LogP contribution in [0.15, 0.2) is 0 Å². The van der Waals surface area contributed by atoms with Crippen LogP contribution in [0.3, 0.4) is 0 Å². The third kappa shape index (κ3) is 5200. The van der Waals surface area contributed by atoms with Crippen LogP contribution in [-0.4, -0.2) is 118 Å². The largest absolute Gasteiger partial charge is 3.00 e. The zero-order valence-corrected chi connectivity index (χ0v) is 17.2. The van der Waals surface area contributed by atoms with Gasteiger partial charge in [0.2, 0.25) is 0 Å². The molecular formula is H3Al2N3O21S3. The fourth-order valence-electron chi connectivity index (χ4n) is 0. The maximum atomic E-state index is 8.52. The zero-order chi connectivity index (χ0) is 24.2. The van der Waals surface area contributed by atoms with E-state index < -0.39 is 46.5 Å². The Morgan fingerprint density at radius 2 is 0.448 bits per heavy atom. The van der Waals surface area contributed by atoms with Crippen molar-refractivity contribution < 1.29 is 83.5 Å². The standard InChI is InChI=1S/2Al.3HNO3.3H2O4S/c;;3*2-1(3)4;3*1-5(2,3)4/h;;3*(H,2,3,4);3*(H2,1,2,3,4)/q2*+3;;;;;;/p-6. The van der Waals surface area contributed by atoms with Crippen LogP contribution in [0.5, 0.6) is 0 Å². The summed E-state index contributed by atoms with van der Waals surface area (Å²) in [6.45, 7) is 0. The van der Waals surface area contributed by atoms with Crippen LogP contribution < -0.4 is 0 Å². The summed E-state index contributed by atoms with van der Waals surface area (Å²) in [5.41, 5.74) is 0. The Hall–Kier alpha value is -1.73. The summed E-state index contributed by atoms with van der Waals surface area (Å²) in [5.74, 6) is 0. The van der Waals surface area contributed by atoms with Crippen LogP contribution >= 0.6 is 0 Å². The van der Waals surface area contributed by atoms with E-state index in [4.69, 9.17) is 98.5 Å². The normalized spacial score (nSPS) is 8.48. The Bertz CT molecular complexity index is 564. The van der Waals surface area contributed by atoms with Gasteiger partial charge in [0.05, 0.1) is 0 Å². The van der Waals surface area contributed by atoms with E-state index in [1.165, 1.54) is 0 Å². The molecule has 29 heteroatoms. The first-order valence-corrected chi connectivity index (χ1v) is 7.70. The Kier molecular flexibility index (Phi) is 45.9. The van der Waals surface area contributed by atoms with E-state index in [2.05, 4.69) is 0 Å². The molecule has 0 fully saturated rings.